The van der Waals surface area contributed by atoms with Crippen LogP contribution in [0.1, 0.15) is 6.92 Å². The smallest absolute Gasteiger partial charge is 0.251 e. The molecule has 0 aromatic carbocycles. The molecule has 1 aliphatic rings. The van der Waals surface area contributed by atoms with Crippen LogP contribution in [0, 0.1) is 0 Å². The molecular weight excluding hydrogens is 338 g/mol. The number of nitrogens with zero attached hydrogens (tertiary/aromatic N) is 2. The third-order valence-corrected chi connectivity index (χ3v) is 3.77. The predicted octanol–water partition coefficient (Wildman–Crippen LogP) is 0.448. The summed E-state index contributed by atoms with van der Waals surface area (Å²) in [6.07, 6.45) is 1.62. The number of carbonyl (C=O) groups excluding carboxylic acids is 1. The lowest BCUT2D eigenvalue weighted by Crippen LogP contribution is -2.47. The van der Waals surface area contributed by atoms with E-state index < -0.39 is 0 Å². The molecule has 0 aliphatic carbocycles. The highest BCUT2D eigenvalue weighted by atomic mass is 79.9. The summed E-state index contributed by atoms with van der Waals surface area (Å²) in [7, 11) is 0. The number of hydrogen-bond donors (Lipinski definition) is 1. The Hall–Kier alpha value is -1.18. The lowest BCUT2D eigenvalue weighted by molar-refractivity contribution is -0.122. The Balaban J connectivity index is 1.83. The summed E-state index contributed by atoms with van der Waals surface area (Å²) in [6.45, 7) is 6.07. The third-order valence-electron chi connectivity index (χ3n) is 3.30. The number of rotatable bonds is 5. The molecule has 2 heterocycles. The van der Waals surface area contributed by atoms with Gasteiger partial charge in [0.2, 0.25) is 5.91 Å². The van der Waals surface area contributed by atoms with E-state index in [-0.39, 0.29) is 24.1 Å². The van der Waals surface area contributed by atoms with E-state index in [0.717, 1.165) is 37.3 Å². The number of amides is 1. The van der Waals surface area contributed by atoms with E-state index >= 15 is 0 Å². The molecule has 0 saturated carbocycles. The van der Waals surface area contributed by atoms with E-state index in [4.69, 9.17) is 4.74 Å². The summed E-state index contributed by atoms with van der Waals surface area (Å²) in [5.74, 6) is -0.157. The topological polar surface area (TPSA) is 63.6 Å². The van der Waals surface area contributed by atoms with Gasteiger partial charge in [-0.25, -0.2) is 0 Å². The second-order valence-electron chi connectivity index (χ2n) is 5.19. The molecule has 1 unspecified atom stereocenters. The number of morpholine rings is 1. The average molecular weight is 358 g/mol. The summed E-state index contributed by atoms with van der Waals surface area (Å²) >= 11 is 3.29. The van der Waals surface area contributed by atoms with Gasteiger partial charge in [-0.1, -0.05) is 0 Å². The molecule has 6 nitrogen and oxygen atoms in total. The minimum absolute atomic E-state index is 0.0335. The minimum atomic E-state index is -0.186. The van der Waals surface area contributed by atoms with Gasteiger partial charge < -0.3 is 14.6 Å². The van der Waals surface area contributed by atoms with Crippen LogP contribution in [0.3, 0.4) is 0 Å². The maximum atomic E-state index is 12.0. The fraction of sp³-hybridized carbons (Fsp3) is 0.571. The highest BCUT2D eigenvalue weighted by Crippen LogP contribution is 2.04. The number of nitrogens with one attached hydrogen (secondary N) is 1. The Morgan fingerprint density at radius 3 is 2.86 bits per heavy atom. The van der Waals surface area contributed by atoms with Gasteiger partial charge in [0.05, 0.1) is 13.2 Å². The van der Waals surface area contributed by atoms with Crippen LogP contribution in [0.15, 0.2) is 27.6 Å². The van der Waals surface area contributed by atoms with Crippen molar-refractivity contribution in [3.8, 4) is 0 Å². The first-order valence-corrected chi connectivity index (χ1v) is 7.79. The van der Waals surface area contributed by atoms with E-state index in [1.165, 1.54) is 10.6 Å². The number of hydrogen-bond acceptors (Lipinski definition) is 4. The Kier molecular flexibility index (Phi) is 5.96. The quantitative estimate of drug-likeness (QED) is 0.830. The van der Waals surface area contributed by atoms with Crippen LogP contribution in [-0.2, 0) is 16.1 Å². The zero-order valence-corrected chi connectivity index (χ0v) is 13.6. The van der Waals surface area contributed by atoms with Gasteiger partial charge >= 0.3 is 0 Å². The van der Waals surface area contributed by atoms with Crippen LogP contribution in [-0.4, -0.2) is 54.3 Å². The van der Waals surface area contributed by atoms with Gasteiger partial charge in [-0.05, 0) is 28.9 Å². The molecule has 116 valence electrons. The van der Waals surface area contributed by atoms with Crippen LogP contribution in [0.5, 0.6) is 0 Å². The predicted molar refractivity (Wildman–Crippen MR) is 83.3 cm³/mol. The van der Waals surface area contributed by atoms with Gasteiger partial charge in [-0.3, -0.25) is 14.5 Å². The Morgan fingerprint density at radius 1 is 1.43 bits per heavy atom. The van der Waals surface area contributed by atoms with E-state index in [1.807, 2.05) is 6.92 Å². The molecule has 7 heteroatoms. The third kappa shape index (κ3) is 5.26. The van der Waals surface area contributed by atoms with Crippen LogP contribution in [0.2, 0.25) is 0 Å². The summed E-state index contributed by atoms with van der Waals surface area (Å²) in [5, 5.41) is 2.93. The molecule has 0 radical (unpaired) electrons. The van der Waals surface area contributed by atoms with Crippen LogP contribution in [0.4, 0.5) is 0 Å². The number of halogens is 1. The zero-order chi connectivity index (χ0) is 15.2. The molecule has 21 heavy (non-hydrogen) atoms. The van der Waals surface area contributed by atoms with Gasteiger partial charge in [-0.2, -0.15) is 0 Å². The summed E-state index contributed by atoms with van der Waals surface area (Å²) in [5.41, 5.74) is -0.186. The molecule has 0 bridgehead atoms. The van der Waals surface area contributed by atoms with E-state index in [2.05, 4.69) is 26.1 Å². The van der Waals surface area contributed by atoms with E-state index in [1.54, 1.807) is 12.3 Å². The van der Waals surface area contributed by atoms with Crippen LogP contribution >= 0.6 is 15.9 Å². The standard InChI is InChI=1S/C14H20BrN3O3/c1-11(8-17-4-6-21-7-5-17)16-13(19)10-18-9-12(15)2-3-14(18)20/h2-3,9,11H,4-8,10H2,1H3,(H,16,19). The van der Waals surface area contributed by atoms with Crippen molar-refractivity contribution in [2.45, 2.75) is 19.5 Å². The molecule has 0 spiro atoms. The number of pyridine rings is 1. The summed E-state index contributed by atoms with van der Waals surface area (Å²) < 4.78 is 7.46. The second kappa shape index (κ2) is 7.72. The van der Waals surface area contributed by atoms with Gasteiger partial charge in [-0.15, -0.1) is 0 Å². The van der Waals surface area contributed by atoms with Gasteiger partial charge in [0.15, 0.2) is 0 Å². The molecule has 1 atom stereocenters. The SMILES string of the molecule is CC(CN1CCOCC1)NC(=O)Cn1cc(Br)ccc1=O. The lowest BCUT2D eigenvalue weighted by Gasteiger charge is -2.29. The van der Waals surface area contributed by atoms with Crippen molar-refractivity contribution in [3.63, 3.8) is 0 Å². The van der Waals surface area contributed by atoms with E-state index in [0.29, 0.717) is 0 Å². The van der Waals surface area contributed by atoms with Crippen molar-refractivity contribution in [1.29, 1.82) is 0 Å². The maximum Gasteiger partial charge on any atom is 0.251 e. The zero-order valence-electron chi connectivity index (χ0n) is 12.0. The fourth-order valence-electron chi connectivity index (χ4n) is 2.32. The molecule has 1 amide bonds. The van der Waals surface area contributed by atoms with Gasteiger partial charge in [0.25, 0.3) is 5.56 Å². The molecule has 1 aromatic rings. The normalized spacial score (nSPS) is 17.4. The first kappa shape index (κ1) is 16.2. The first-order chi connectivity index (χ1) is 10.0. The second-order valence-corrected chi connectivity index (χ2v) is 6.11. The van der Waals surface area contributed by atoms with Crippen molar-refractivity contribution in [2.24, 2.45) is 0 Å². The van der Waals surface area contributed by atoms with Crippen molar-refractivity contribution >= 4 is 21.8 Å². The molecule has 1 fully saturated rings. The van der Waals surface area contributed by atoms with E-state index in [9.17, 15) is 9.59 Å². The van der Waals surface area contributed by atoms with Crippen LogP contribution in [0.25, 0.3) is 0 Å². The van der Waals surface area contributed by atoms with Crippen molar-refractivity contribution < 1.29 is 9.53 Å². The van der Waals surface area contributed by atoms with Gasteiger partial charge in [0, 0.05) is 42.4 Å². The molecule has 1 N–H and O–H groups in total. The molecule has 1 aliphatic heterocycles. The van der Waals surface area contributed by atoms with Gasteiger partial charge in [0.1, 0.15) is 6.54 Å². The molecule has 1 aromatic heterocycles. The Labute approximate surface area is 132 Å². The lowest BCUT2D eigenvalue weighted by atomic mass is 10.3. The maximum absolute atomic E-state index is 12.0. The summed E-state index contributed by atoms with van der Waals surface area (Å²) in [4.78, 5) is 25.9. The molecule has 1 saturated heterocycles. The number of carbonyl (C=O) groups is 1. The monoisotopic (exact) mass is 357 g/mol. The average Bonchev–Trinajstić information content (AvgIpc) is 2.43. The number of aromatic nitrogens is 1. The Morgan fingerprint density at radius 2 is 2.14 bits per heavy atom. The molecular formula is C14H20BrN3O3. The largest absolute Gasteiger partial charge is 0.379 e. The minimum Gasteiger partial charge on any atom is -0.379 e. The molecule has 2 rings (SSSR count). The highest BCUT2D eigenvalue weighted by molar-refractivity contribution is 9.10. The fourth-order valence-corrected chi connectivity index (χ4v) is 2.70. The Bertz CT molecular complexity index is 541. The summed E-state index contributed by atoms with van der Waals surface area (Å²) in [6, 6.07) is 3.14. The highest BCUT2D eigenvalue weighted by Gasteiger charge is 2.15. The van der Waals surface area contributed by atoms with Crippen molar-refractivity contribution in [2.75, 3.05) is 32.8 Å². The van der Waals surface area contributed by atoms with Crippen molar-refractivity contribution in [3.05, 3.63) is 33.2 Å². The van der Waals surface area contributed by atoms with Crippen LogP contribution < -0.4 is 10.9 Å². The first-order valence-electron chi connectivity index (χ1n) is 7.00. The van der Waals surface area contributed by atoms with Crippen molar-refractivity contribution in [1.82, 2.24) is 14.8 Å². The number of ether oxygens (including phenoxy) is 1.